The summed E-state index contributed by atoms with van der Waals surface area (Å²) in [5.41, 5.74) is -2.31. The lowest BCUT2D eigenvalue weighted by atomic mass is 9.87. The number of alkyl halides is 6. The van der Waals surface area contributed by atoms with E-state index in [0.29, 0.717) is 30.5 Å². The van der Waals surface area contributed by atoms with Gasteiger partial charge in [0.25, 0.3) is 0 Å². The minimum absolute atomic E-state index is 0.0762. The molecule has 0 radical (unpaired) electrons. The fraction of sp³-hybridized carbons (Fsp3) is 0.435. The van der Waals surface area contributed by atoms with E-state index in [9.17, 15) is 35.5 Å². The molecule has 1 aliphatic rings. The van der Waals surface area contributed by atoms with Gasteiger partial charge in [0.05, 0.1) is 36.9 Å². The van der Waals surface area contributed by atoms with E-state index in [0.717, 1.165) is 0 Å². The molecule has 2 aromatic carbocycles. The average Bonchev–Trinajstić information content (AvgIpc) is 3.16. The molecule has 1 fully saturated rings. The molecule has 3 nitrogen and oxygen atoms in total. The molecular formula is C23H21F7O3. The highest BCUT2D eigenvalue weighted by Crippen LogP contribution is 2.42. The van der Waals surface area contributed by atoms with Crippen molar-refractivity contribution in [2.75, 3.05) is 13.7 Å². The smallest absolute Gasteiger partial charge is 0.416 e. The van der Waals surface area contributed by atoms with Crippen LogP contribution in [0.2, 0.25) is 0 Å². The Balaban J connectivity index is 1.77. The number of carbonyl (C=O) groups is 1. The summed E-state index contributed by atoms with van der Waals surface area (Å²) in [5.74, 6) is -1.97. The van der Waals surface area contributed by atoms with Gasteiger partial charge in [-0.25, -0.2) is 4.39 Å². The molecule has 3 atom stereocenters. The topological polar surface area (TPSA) is 35.5 Å². The number of hydrogen-bond donors (Lipinski definition) is 0. The quantitative estimate of drug-likeness (QED) is 0.369. The molecule has 0 aliphatic heterocycles. The normalized spacial score (nSPS) is 21.3. The molecular weight excluding hydrogens is 457 g/mol. The van der Waals surface area contributed by atoms with E-state index in [1.165, 1.54) is 31.4 Å². The lowest BCUT2D eigenvalue weighted by molar-refractivity contribution is -0.146. The van der Waals surface area contributed by atoms with Crippen LogP contribution in [0, 0.1) is 11.7 Å². The lowest BCUT2D eigenvalue weighted by Gasteiger charge is -2.24. The summed E-state index contributed by atoms with van der Waals surface area (Å²) in [6.45, 7) is -0.158. The molecule has 1 aliphatic carbocycles. The highest BCUT2D eigenvalue weighted by Gasteiger charge is 2.42. The van der Waals surface area contributed by atoms with Crippen LogP contribution < -0.4 is 0 Å². The largest absolute Gasteiger partial charge is 0.469 e. The Morgan fingerprint density at radius 2 is 1.52 bits per heavy atom. The van der Waals surface area contributed by atoms with Crippen molar-refractivity contribution in [3.63, 3.8) is 0 Å². The first-order valence-electron chi connectivity index (χ1n) is 10.1. The standard InChI is InChI=1S/C23H21F7O3/c1-32-21(31)18-6-7-19(20(18)14-2-4-17(24)5-3-14)33-9-8-13-10-15(22(25,26)27)12-16(11-13)23(28,29)30/h2-5,10-12,18-20H,6-9H2,1H3/t18-,19-,20+/m0/s1. The third kappa shape index (κ3) is 6.04. The summed E-state index contributed by atoms with van der Waals surface area (Å²) in [6, 6.07) is 6.91. The van der Waals surface area contributed by atoms with Gasteiger partial charge in [0, 0.05) is 5.92 Å². The average molecular weight is 478 g/mol. The number of carbonyl (C=O) groups excluding carboxylic acids is 1. The van der Waals surface area contributed by atoms with E-state index in [-0.39, 0.29) is 24.7 Å². The monoisotopic (exact) mass is 478 g/mol. The molecule has 0 heterocycles. The van der Waals surface area contributed by atoms with Gasteiger partial charge < -0.3 is 9.47 Å². The SMILES string of the molecule is COC(=O)[C@H]1CC[C@H](OCCc2cc(C(F)(F)F)cc(C(F)(F)F)c2)[C@@H]1c1ccc(F)cc1. The van der Waals surface area contributed by atoms with Crippen molar-refractivity contribution in [3.05, 3.63) is 70.5 Å². The molecule has 0 unspecified atom stereocenters. The van der Waals surface area contributed by atoms with Gasteiger partial charge in [-0.3, -0.25) is 4.79 Å². The van der Waals surface area contributed by atoms with Gasteiger partial charge >= 0.3 is 18.3 Å². The zero-order valence-corrected chi connectivity index (χ0v) is 17.5. The van der Waals surface area contributed by atoms with Crippen LogP contribution in [0.25, 0.3) is 0 Å². The maximum Gasteiger partial charge on any atom is 0.416 e. The zero-order valence-electron chi connectivity index (χ0n) is 17.5. The van der Waals surface area contributed by atoms with Gasteiger partial charge in [-0.05, 0) is 60.7 Å². The highest BCUT2D eigenvalue weighted by atomic mass is 19.4. The van der Waals surface area contributed by atoms with Crippen molar-refractivity contribution in [1.29, 1.82) is 0 Å². The van der Waals surface area contributed by atoms with E-state index in [4.69, 9.17) is 9.47 Å². The summed E-state index contributed by atoms with van der Waals surface area (Å²) in [7, 11) is 1.24. The Morgan fingerprint density at radius 3 is 2.03 bits per heavy atom. The lowest BCUT2D eigenvalue weighted by Crippen LogP contribution is -2.26. The van der Waals surface area contributed by atoms with E-state index in [2.05, 4.69) is 0 Å². The first-order chi connectivity index (χ1) is 15.4. The minimum Gasteiger partial charge on any atom is -0.469 e. The van der Waals surface area contributed by atoms with E-state index >= 15 is 0 Å². The molecule has 0 saturated heterocycles. The van der Waals surface area contributed by atoms with Gasteiger partial charge in [0.15, 0.2) is 0 Å². The molecule has 1 saturated carbocycles. The van der Waals surface area contributed by atoms with Crippen molar-refractivity contribution in [2.45, 2.75) is 43.6 Å². The van der Waals surface area contributed by atoms with E-state index in [1.807, 2.05) is 0 Å². The van der Waals surface area contributed by atoms with Crippen molar-refractivity contribution in [1.82, 2.24) is 0 Å². The summed E-state index contributed by atoms with van der Waals surface area (Å²) in [6.07, 6.45) is -9.73. The van der Waals surface area contributed by atoms with E-state index < -0.39 is 53.2 Å². The number of ether oxygens (including phenoxy) is 2. The second-order valence-electron chi connectivity index (χ2n) is 7.86. The molecule has 0 spiro atoms. The van der Waals surface area contributed by atoms with Crippen LogP contribution in [0.1, 0.15) is 41.0 Å². The van der Waals surface area contributed by atoms with Gasteiger partial charge in [-0.2, -0.15) is 26.3 Å². The molecule has 0 aromatic heterocycles. The fourth-order valence-electron chi connectivity index (χ4n) is 4.19. The number of hydrogen-bond acceptors (Lipinski definition) is 3. The number of benzene rings is 2. The maximum atomic E-state index is 13.3. The Bertz CT molecular complexity index is 935. The molecule has 0 N–H and O–H groups in total. The molecule has 0 bridgehead atoms. The van der Waals surface area contributed by atoms with Gasteiger partial charge in [0.1, 0.15) is 5.82 Å². The van der Waals surface area contributed by atoms with Crippen LogP contribution in [0.3, 0.4) is 0 Å². The predicted molar refractivity (Wildman–Crippen MR) is 104 cm³/mol. The molecule has 2 aromatic rings. The summed E-state index contributed by atoms with van der Waals surface area (Å²) < 4.78 is 102. The van der Waals surface area contributed by atoms with Gasteiger partial charge in [-0.1, -0.05) is 12.1 Å². The minimum atomic E-state index is -4.93. The number of esters is 1. The van der Waals surface area contributed by atoms with Crippen LogP contribution >= 0.6 is 0 Å². The second-order valence-corrected chi connectivity index (χ2v) is 7.86. The highest BCUT2D eigenvalue weighted by molar-refractivity contribution is 5.74. The van der Waals surface area contributed by atoms with Crippen LogP contribution in [0.4, 0.5) is 30.7 Å². The third-order valence-electron chi connectivity index (χ3n) is 5.73. The molecule has 10 heteroatoms. The molecule has 3 rings (SSSR count). The van der Waals surface area contributed by atoms with Gasteiger partial charge in [0.2, 0.25) is 0 Å². The Kier molecular flexibility index (Phi) is 7.36. The summed E-state index contributed by atoms with van der Waals surface area (Å²) in [5, 5.41) is 0. The van der Waals surface area contributed by atoms with Crippen molar-refractivity contribution in [3.8, 4) is 0 Å². The van der Waals surface area contributed by atoms with Gasteiger partial charge in [-0.15, -0.1) is 0 Å². The number of methoxy groups -OCH3 is 1. The van der Waals surface area contributed by atoms with Crippen LogP contribution in [0.15, 0.2) is 42.5 Å². The van der Waals surface area contributed by atoms with Crippen LogP contribution in [0.5, 0.6) is 0 Å². The van der Waals surface area contributed by atoms with Crippen molar-refractivity contribution < 1.29 is 45.0 Å². The second kappa shape index (κ2) is 9.70. The first kappa shape index (κ1) is 25.0. The maximum absolute atomic E-state index is 13.3. The van der Waals surface area contributed by atoms with Crippen molar-refractivity contribution in [2.24, 2.45) is 5.92 Å². The Morgan fingerprint density at radius 1 is 0.939 bits per heavy atom. The zero-order chi connectivity index (χ0) is 24.4. The third-order valence-corrected chi connectivity index (χ3v) is 5.73. The van der Waals surface area contributed by atoms with Crippen molar-refractivity contribution >= 4 is 5.97 Å². The van der Waals surface area contributed by atoms with Crippen LogP contribution in [-0.4, -0.2) is 25.8 Å². The van der Waals surface area contributed by atoms with Crippen LogP contribution in [-0.2, 0) is 33.0 Å². The molecule has 33 heavy (non-hydrogen) atoms. The molecule has 0 amide bonds. The first-order valence-corrected chi connectivity index (χ1v) is 10.1. The van der Waals surface area contributed by atoms with E-state index in [1.54, 1.807) is 0 Å². The summed E-state index contributed by atoms with van der Waals surface area (Å²) in [4.78, 5) is 12.2. The predicted octanol–water partition coefficient (Wildman–Crippen LogP) is 6.16. The number of halogens is 7. The Labute approximate surface area is 185 Å². The number of rotatable bonds is 6. The molecule has 180 valence electrons. The summed E-state index contributed by atoms with van der Waals surface area (Å²) >= 11 is 0. The Hall–Kier alpha value is -2.62. The fourth-order valence-corrected chi connectivity index (χ4v) is 4.19.